The zero-order chi connectivity index (χ0) is 14.5. The quantitative estimate of drug-likeness (QED) is 0.793. The van der Waals surface area contributed by atoms with E-state index in [1.807, 2.05) is 18.2 Å². The second kappa shape index (κ2) is 7.04. The number of hydrogen-bond acceptors (Lipinski definition) is 4. The van der Waals surface area contributed by atoms with Gasteiger partial charge >= 0.3 is 5.97 Å². The fourth-order valence-corrected chi connectivity index (χ4v) is 3.74. The predicted octanol–water partition coefficient (Wildman–Crippen LogP) is 3.53. The fourth-order valence-electron chi connectivity index (χ4n) is 2.17. The molecule has 0 aliphatic carbocycles. The highest BCUT2D eigenvalue weighted by molar-refractivity contribution is 7.99. The molecule has 0 bridgehead atoms. The van der Waals surface area contributed by atoms with Gasteiger partial charge in [0.1, 0.15) is 0 Å². The normalized spacial score (nSPS) is 12.7. The summed E-state index contributed by atoms with van der Waals surface area (Å²) in [5.74, 6) is 0.225. The van der Waals surface area contributed by atoms with Gasteiger partial charge in [-0.25, -0.2) is 4.98 Å². The maximum absolute atomic E-state index is 10.8. The number of hydrogen-bond donors (Lipinski definition) is 1. The van der Waals surface area contributed by atoms with Crippen LogP contribution in [0.5, 0.6) is 0 Å². The van der Waals surface area contributed by atoms with Crippen LogP contribution < -0.4 is 0 Å². The molecule has 20 heavy (non-hydrogen) atoms. The van der Waals surface area contributed by atoms with Crippen molar-refractivity contribution in [2.45, 2.75) is 24.5 Å². The lowest BCUT2D eigenvalue weighted by molar-refractivity contribution is -0.133. The van der Waals surface area contributed by atoms with Gasteiger partial charge in [-0.05, 0) is 24.8 Å². The SMILES string of the molecule is CCC(CSC)n1c(SCC(=O)O)nc2ccccc21. The first-order valence-corrected chi connectivity index (χ1v) is 8.85. The van der Waals surface area contributed by atoms with Gasteiger partial charge in [-0.3, -0.25) is 4.79 Å². The van der Waals surface area contributed by atoms with Crippen LogP contribution in [0.2, 0.25) is 0 Å². The molecular weight excluding hydrogens is 292 g/mol. The summed E-state index contributed by atoms with van der Waals surface area (Å²) in [6.45, 7) is 2.15. The zero-order valence-corrected chi connectivity index (χ0v) is 13.2. The minimum Gasteiger partial charge on any atom is -0.481 e. The first-order chi connectivity index (χ1) is 9.67. The number of rotatable bonds is 7. The van der Waals surface area contributed by atoms with E-state index in [1.165, 1.54) is 11.8 Å². The van der Waals surface area contributed by atoms with Gasteiger partial charge in [-0.15, -0.1) is 0 Å². The van der Waals surface area contributed by atoms with Crippen LogP contribution in [-0.4, -0.2) is 38.4 Å². The summed E-state index contributed by atoms with van der Waals surface area (Å²) >= 11 is 3.09. The highest BCUT2D eigenvalue weighted by Crippen LogP contribution is 2.30. The number of imidazole rings is 1. The third kappa shape index (κ3) is 3.30. The van der Waals surface area contributed by atoms with Gasteiger partial charge < -0.3 is 9.67 Å². The van der Waals surface area contributed by atoms with Crippen molar-refractivity contribution >= 4 is 40.5 Å². The van der Waals surface area contributed by atoms with E-state index in [0.717, 1.165) is 28.4 Å². The standard InChI is InChI=1S/C14H18N2O2S2/c1-3-10(8-19-2)16-12-7-5-4-6-11(12)15-14(16)20-9-13(17)18/h4-7,10H,3,8-9H2,1-2H3,(H,17,18). The summed E-state index contributed by atoms with van der Waals surface area (Å²) < 4.78 is 2.19. The minimum absolute atomic E-state index is 0.0407. The Morgan fingerprint density at radius 2 is 2.20 bits per heavy atom. The molecule has 1 aromatic heterocycles. The molecule has 2 rings (SSSR count). The van der Waals surface area contributed by atoms with Gasteiger partial charge in [-0.1, -0.05) is 30.8 Å². The van der Waals surface area contributed by atoms with E-state index in [0.29, 0.717) is 6.04 Å². The van der Waals surface area contributed by atoms with Crippen LogP contribution in [0.4, 0.5) is 0 Å². The molecule has 0 spiro atoms. The van der Waals surface area contributed by atoms with E-state index < -0.39 is 5.97 Å². The molecule has 0 aliphatic heterocycles. The van der Waals surface area contributed by atoms with Crippen molar-refractivity contribution in [2.24, 2.45) is 0 Å². The molecule has 0 aliphatic rings. The minimum atomic E-state index is -0.813. The molecular formula is C14H18N2O2S2. The average molecular weight is 310 g/mol. The van der Waals surface area contributed by atoms with Crippen LogP contribution in [0, 0.1) is 0 Å². The van der Waals surface area contributed by atoms with Crippen molar-refractivity contribution in [1.82, 2.24) is 9.55 Å². The van der Waals surface area contributed by atoms with Crippen LogP contribution in [0.25, 0.3) is 11.0 Å². The molecule has 108 valence electrons. The molecule has 1 unspecified atom stereocenters. The summed E-state index contributed by atoms with van der Waals surface area (Å²) in [5, 5.41) is 9.68. The Labute approximate surface area is 127 Å². The number of thioether (sulfide) groups is 2. The first-order valence-electron chi connectivity index (χ1n) is 6.47. The highest BCUT2D eigenvalue weighted by atomic mass is 32.2. The molecule has 0 saturated carbocycles. The van der Waals surface area contributed by atoms with E-state index in [-0.39, 0.29) is 5.75 Å². The average Bonchev–Trinajstić information content (AvgIpc) is 2.81. The van der Waals surface area contributed by atoms with Crippen molar-refractivity contribution in [2.75, 3.05) is 17.8 Å². The van der Waals surface area contributed by atoms with Crippen LogP contribution in [-0.2, 0) is 4.79 Å². The molecule has 0 fully saturated rings. The van der Waals surface area contributed by atoms with Crippen LogP contribution in [0.3, 0.4) is 0 Å². The Morgan fingerprint density at radius 1 is 1.45 bits per heavy atom. The Kier molecular flexibility index (Phi) is 5.37. The van der Waals surface area contributed by atoms with Gasteiger partial charge in [0.05, 0.1) is 16.8 Å². The Hall–Kier alpha value is -1.14. The molecule has 0 radical (unpaired) electrons. The summed E-state index contributed by atoms with van der Waals surface area (Å²) in [6.07, 6.45) is 3.09. The third-order valence-corrected chi connectivity index (χ3v) is 4.74. The number of aromatic nitrogens is 2. The smallest absolute Gasteiger partial charge is 0.313 e. The number of benzene rings is 1. The molecule has 1 N–H and O–H groups in total. The van der Waals surface area contributed by atoms with E-state index >= 15 is 0 Å². The number of carbonyl (C=O) groups is 1. The van der Waals surface area contributed by atoms with Gasteiger partial charge in [0, 0.05) is 11.8 Å². The molecule has 1 aromatic carbocycles. The number of aliphatic carboxylic acids is 1. The number of carboxylic acid groups (broad SMARTS) is 1. The van der Waals surface area contributed by atoms with Gasteiger partial charge in [0.25, 0.3) is 0 Å². The second-order valence-electron chi connectivity index (χ2n) is 4.45. The largest absolute Gasteiger partial charge is 0.481 e. The van der Waals surface area contributed by atoms with Crippen molar-refractivity contribution in [3.63, 3.8) is 0 Å². The lowest BCUT2D eigenvalue weighted by Crippen LogP contribution is -2.12. The van der Waals surface area contributed by atoms with Crippen molar-refractivity contribution < 1.29 is 9.90 Å². The maximum Gasteiger partial charge on any atom is 0.313 e. The topological polar surface area (TPSA) is 55.1 Å². The highest BCUT2D eigenvalue weighted by Gasteiger charge is 2.18. The first kappa shape index (κ1) is 15.3. The van der Waals surface area contributed by atoms with Crippen LogP contribution >= 0.6 is 23.5 Å². The number of carboxylic acids is 1. The Bertz CT molecular complexity index is 598. The molecule has 0 amide bonds. The molecule has 2 aromatic rings. The van der Waals surface area contributed by atoms with E-state index in [4.69, 9.17) is 5.11 Å². The zero-order valence-electron chi connectivity index (χ0n) is 11.6. The summed E-state index contributed by atoms with van der Waals surface area (Å²) in [7, 11) is 0. The summed E-state index contributed by atoms with van der Waals surface area (Å²) in [4.78, 5) is 15.4. The van der Waals surface area contributed by atoms with Crippen molar-refractivity contribution in [3.05, 3.63) is 24.3 Å². The lowest BCUT2D eigenvalue weighted by Gasteiger charge is -2.19. The predicted molar refractivity (Wildman–Crippen MR) is 85.8 cm³/mol. The molecule has 1 heterocycles. The molecule has 1 atom stereocenters. The Morgan fingerprint density at radius 3 is 2.85 bits per heavy atom. The fraction of sp³-hybridized carbons (Fsp3) is 0.429. The number of para-hydroxylation sites is 2. The van der Waals surface area contributed by atoms with Crippen LogP contribution in [0.15, 0.2) is 29.4 Å². The van der Waals surface area contributed by atoms with Gasteiger partial charge in [0.2, 0.25) is 0 Å². The monoisotopic (exact) mass is 310 g/mol. The van der Waals surface area contributed by atoms with Gasteiger partial charge in [-0.2, -0.15) is 11.8 Å². The van der Waals surface area contributed by atoms with E-state index in [9.17, 15) is 4.79 Å². The number of fused-ring (bicyclic) bond motifs is 1. The second-order valence-corrected chi connectivity index (χ2v) is 6.31. The van der Waals surface area contributed by atoms with Crippen molar-refractivity contribution in [1.29, 1.82) is 0 Å². The van der Waals surface area contributed by atoms with Gasteiger partial charge in [0.15, 0.2) is 5.16 Å². The summed E-state index contributed by atoms with van der Waals surface area (Å²) in [5.41, 5.74) is 2.02. The summed E-state index contributed by atoms with van der Waals surface area (Å²) in [6, 6.07) is 8.32. The third-order valence-electron chi connectivity index (χ3n) is 3.08. The molecule has 4 nitrogen and oxygen atoms in total. The van der Waals surface area contributed by atoms with Crippen molar-refractivity contribution in [3.8, 4) is 0 Å². The lowest BCUT2D eigenvalue weighted by atomic mass is 10.2. The number of nitrogens with zero attached hydrogens (tertiary/aromatic N) is 2. The molecule has 6 heteroatoms. The van der Waals surface area contributed by atoms with Crippen LogP contribution in [0.1, 0.15) is 19.4 Å². The van der Waals surface area contributed by atoms with E-state index in [1.54, 1.807) is 11.8 Å². The Balaban J connectivity index is 2.45. The molecule has 0 saturated heterocycles. The maximum atomic E-state index is 10.8. The van der Waals surface area contributed by atoms with E-state index in [2.05, 4.69) is 28.8 Å².